The number of nitrogens with zero attached hydrogens (tertiary/aromatic N) is 4. The Kier molecular flexibility index (Phi) is 6.10. The molecule has 35 heavy (non-hydrogen) atoms. The minimum atomic E-state index is -1.12. The van der Waals surface area contributed by atoms with E-state index in [1.807, 2.05) is 6.92 Å². The molecule has 3 heterocycles. The summed E-state index contributed by atoms with van der Waals surface area (Å²) in [6.45, 7) is 2.78. The van der Waals surface area contributed by atoms with Crippen molar-refractivity contribution in [2.75, 3.05) is 18.4 Å². The van der Waals surface area contributed by atoms with Gasteiger partial charge in [0, 0.05) is 37.1 Å². The van der Waals surface area contributed by atoms with Gasteiger partial charge in [-0.15, -0.1) is 0 Å². The number of anilines is 1. The van der Waals surface area contributed by atoms with Crippen LogP contribution >= 0.6 is 0 Å². The fourth-order valence-electron chi connectivity index (χ4n) is 4.48. The van der Waals surface area contributed by atoms with Gasteiger partial charge in [0.15, 0.2) is 23.0 Å². The molecule has 4 aromatic rings. The van der Waals surface area contributed by atoms with E-state index in [1.54, 1.807) is 11.0 Å². The largest absolute Gasteiger partial charge is 0.423 e. The second kappa shape index (κ2) is 9.36. The maximum atomic E-state index is 14.2. The number of likely N-dealkylation sites (tertiary alicyclic amines) is 1. The lowest BCUT2D eigenvalue weighted by Gasteiger charge is -2.40. The molecule has 2 aromatic carbocycles. The maximum absolute atomic E-state index is 14.2. The smallest absolute Gasteiger partial charge is 0.295 e. The van der Waals surface area contributed by atoms with Crippen molar-refractivity contribution in [3.63, 3.8) is 0 Å². The van der Waals surface area contributed by atoms with Gasteiger partial charge in [-0.3, -0.25) is 4.79 Å². The van der Waals surface area contributed by atoms with Crippen LogP contribution in [0.5, 0.6) is 0 Å². The van der Waals surface area contributed by atoms with Crippen LogP contribution in [0.2, 0.25) is 0 Å². The normalized spacial score (nSPS) is 18.1. The van der Waals surface area contributed by atoms with Crippen LogP contribution in [-0.4, -0.2) is 44.9 Å². The summed E-state index contributed by atoms with van der Waals surface area (Å²) in [5, 5.41) is 3.10. The van der Waals surface area contributed by atoms with Crippen molar-refractivity contribution in [1.82, 2.24) is 19.9 Å². The Morgan fingerprint density at radius 2 is 1.91 bits per heavy atom. The van der Waals surface area contributed by atoms with Crippen LogP contribution in [0.1, 0.15) is 30.1 Å². The van der Waals surface area contributed by atoms with E-state index in [4.69, 9.17) is 4.42 Å². The van der Waals surface area contributed by atoms with Crippen molar-refractivity contribution >= 4 is 23.0 Å². The highest BCUT2D eigenvalue weighted by molar-refractivity contribution is 6.00. The Labute approximate surface area is 199 Å². The zero-order valence-electron chi connectivity index (χ0n) is 18.8. The topological polar surface area (TPSA) is 84.2 Å². The summed E-state index contributed by atoms with van der Waals surface area (Å²) in [7, 11) is 0. The lowest BCUT2D eigenvalue weighted by molar-refractivity contribution is 0.0539. The van der Waals surface area contributed by atoms with Gasteiger partial charge in [-0.25, -0.2) is 23.1 Å². The Hall–Kier alpha value is -3.95. The van der Waals surface area contributed by atoms with Crippen LogP contribution in [-0.2, 0) is 0 Å². The second-order valence-electron chi connectivity index (χ2n) is 8.58. The number of hydrogen-bond acceptors (Lipinski definition) is 6. The van der Waals surface area contributed by atoms with E-state index in [1.165, 1.54) is 30.6 Å². The quantitative estimate of drug-likeness (QED) is 0.429. The van der Waals surface area contributed by atoms with Crippen LogP contribution in [0.3, 0.4) is 0 Å². The number of fused-ring (bicyclic) bond motifs is 1. The highest BCUT2D eigenvalue weighted by Gasteiger charge is 2.34. The van der Waals surface area contributed by atoms with E-state index in [0.717, 1.165) is 25.0 Å². The number of amides is 1. The number of carbonyl (C=O) groups excluding carboxylic acids is 1. The first-order valence-corrected chi connectivity index (χ1v) is 11.3. The Morgan fingerprint density at radius 3 is 2.71 bits per heavy atom. The Bertz CT molecular complexity index is 1380. The molecule has 0 radical (unpaired) electrons. The van der Waals surface area contributed by atoms with Crippen LogP contribution in [0.4, 0.5) is 19.2 Å². The molecule has 0 unspecified atom stereocenters. The maximum Gasteiger partial charge on any atom is 0.295 e. The fourth-order valence-corrected chi connectivity index (χ4v) is 4.48. The van der Waals surface area contributed by atoms with Gasteiger partial charge in [0.2, 0.25) is 0 Å². The molecular formula is C25H22F3N5O2. The minimum absolute atomic E-state index is 0.00784. The molecule has 1 saturated heterocycles. The molecule has 0 saturated carbocycles. The summed E-state index contributed by atoms with van der Waals surface area (Å²) < 4.78 is 47.4. The number of halogens is 3. The van der Waals surface area contributed by atoms with E-state index in [-0.39, 0.29) is 34.9 Å². The molecule has 0 spiro atoms. The highest BCUT2D eigenvalue weighted by Crippen LogP contribution is 2.30. The average molecular weight is 481 g/mol. The van der Waals surface area contributed by atoms with Gasteiger partial charge in [0.1, 0.15) is 11.3 Å². The monoisotopic (exact) mass is 481 g/mol. The van der Waals surface area contributed by atoms with Gasteiger partial charge < -0.3 is 14.6 Å². The Morgan fingerprint density at radius 1 is 1.14 bits per heavy atom. The first-order valence-electron chi connectivity index (χ1n) is 11.3. The first kappa shape index (κ1) is 22.8. The molecule has 180 valence electrons. The molecule has 1 amide bonds. The van der Waals surface area contributed by atoms with Crippen molar-refractivity contribution in [2.45, 2.75) is 25.8 Å². The molecule has 2 aromatic heterocycles. The molecule has 0 bridgehead atoms. The molecule has 1 aliphatic rings. The fraction of sp³-hybridized carbons (Fsp3) is 0.280. The van der Waals surface area contributed by atoms with E-state index in [9.17, 15) is 18.0 Å². The predicted molar refractivity (Wildman–Crippen MR) is 123 cm³/mol. The third-order valence-corrected chi connectivity index (χ3v) is 6.29. The average Bonchev–Trinajstić information content (AvgIpc) is 3.26. The summed E-state index contributed by atoms with van der Waals surface area (Å²) in [4.78, 5) is 27.9. The Balaban J connectivity index is 1.43. The number of aromatic nitrogens is 3. The standard InChI is InChI=1S/C25H22F3N5O2/c1-14-4-2-9-33(21(14)13-31-25-32-20-6-5-15(26)10-22(20)35-25)24(34)17-12-19(28)18(27)11-16(17)23-29-7-3-8-30-23/h3,5-8,10-12,14,21H,2,4,9,13H2,1H3,(H,31,32)/t14-,21-/m1/s1. The molecule has 5 rings (SSSR count). The number of piperidine rings is 1. The molecule has 0 aliphatic carbocycles. The van der Waals surface area contributed by atoms with Crippen molar-refractivity contribution < 1.29 is 22.4 Å². The summed E-state index contributed by atoms with van der Waals surface area (Å²) in [6.07, 6.45) is 4.60. The molecule has 1 aliphatic heterocycles. The molecule has 10 heteroatoms. The van der Waals surface area contributed by atoms with Gasteiger partial charge in [0.25, 0.3) is 11.9 Å². The number of carbonyl (C=O) groups is 1. The summed E-state index contributed by atoms with van der Waals surface area (Å²) >= 11 is 0. The zero-order valence-corrected chi connectivity index (χ0v) is 18.8. The number of oxazole rings is 1. The number of nitrogens with one attached hydrogen (secondary N) is 1. The number of benzene rings is 2. The van der Waals surface area contributed by atoms with Gasteiger partial charge in [-0.05, 0) is 49.1 Å². The third kappa shape index (κ3) is 4.55. The zero-order chi connectivity index (χ0) is 24.5. The van der Waals surface area contributed by atoms with E-state index in [2.05, 4.69) is 20.3 Å². The van der Waals surface area contributed by atoms with Gasteiger partial charge in [-0.2, -0.15) is 4.98 Å². The second-order valence-corrected chi connectivity index (χ2v) is 8.58. The lowest BCUT2D eigenvalue weighted by atomic mass is 9.89. The molecular weight excluding hydrogens is 459 g/mol. The predicted octanol–water partition coefficient (Wildman–Crippen LogP) is 5.05. The molecule has 7 nitrogen and oxygen atoms in total. The summed E-state index contributed by atoms with van der Waals surface area (Å²) in [5.41, 5.74) is 0.936. The van der Waals surface area contributed by atoms with Gasteiger partial charge in [0.05, 0.1) is 11.6 Å². The van der Waals surface area contributed by atoms with E-state index in [0.29, 0.717) is 24.2 Å². The first-order chi connectivity index (χ1) is 16.9. The molecule has 1 fully saturated rings. The van der Waals surface area contributed by atoms with Gasteiger partial charge in [-0.1, -0.05) is 6.92 Å². The van der Waals surface area contributed by atoms with Crippen LogP contribution < -0.4 is 5.32 Å². The summed E-state index contributed by atoms with van der Waals surface area (Å²) in [6, 6.07) is 7.46. The van der Waals surface area contributed by atoms with Crippen LogP contribution in [0.25, 0.3) is 22.5 Å². The highest BCUT2D eigenvalue weighted by atomic mass is 19.2. The minimum Gasteiger partial charge on any atom is -0.423 e. The SMILES string of the molecule is C[C@@H]1CCCN(C(=O)c2cc(F)c(F)cc2-c2ncccn2)[C@@H]1CNc1nc2ccc(F)cc2o1. The van der Waals surface area contributed by atoms with Gasteiger partial charge >= 0.3 is 0 Å². The molecule has 1 N–H and O–H groups in total. The lowest BCUT2D eigenvalue weighted by Crippen LogP contribution is -2.51. The van der Waals surface area contributed by atoms with E-state index < -0.39 is 23.4 Å². The summed E-state index contributed by atoms with van der Waals surface area (Å²) in [5.74, 6) is -2.82. The van der Waals surface area contributed by atoms with Crippen LogP contribution in [0, 0.1) is 23.4 Å². The van der Waals surface area contributed by atoms with E-state index >= 15 is 0 Å². The number of hydrogen-bond donors (Lipinski definition) is 1. The van der Waals surface area contributed by atoms with Crippen molar-refractivity contribution in [1.29, 1.82) is 0 Å². The van der Waals surface area contributed by atoms with Crippen molar-refractivity contribution in [3.8, 4) is 11.4 Å². The third-order valence-electron chi connectivity index (χ3n) is 6.29. The van der Waals surface area contributed by atoms with Crippen molar-refractivity contribution in [3.05, 3.63) is 71.8 Å². The van der Waals surface area contributed by atoms with Crippen LogP contribution in [0.15, 0.2) is 53.2 Å². The number of rotatable bonds is 5. The van der Waals surface area contributed by atoms with Crippen molar-refractivity contribution in [2.24, 2.45) is 5.92 Å². The molecule has 2 atom stereocenters.